The van der Waals surface area contributed by atoms with E-state index in [0.29, 0.717) is 24.9 Å². The van der Waals surface area contributed by atoms with E-state index in [1.165, 1.54) is 5.56 Å². The van der Waals surface area contributed by atoms with Crippen molar-refractivity contribution in [1.29, 1.82) is 0 Å². The van der Waals surface area contributed by atoms with Crippen LogP contribution in [0, 0.1) is 0 Å². The molecule has 160 valence electrons. The minimum absolute atomic E-state index is 0.196. The van der Waals surface area contributed by atoms with Gasteiger partial charge in [0.05, 0.1) is 20.8 Å². The van der Waals surface area contributed by atoms with Crippen molar-refractivity contribution in [2.24, 2.45) is 0 Å². The number of carbonyl (C=O) groups excluding carboxylic acids is 1. The normalized spacial score (nSPS) is 18.9. The number of fused-ring (bicyclic) bond motifs is 1. The van der Waals surface area contributed by atoms with Gasteiger partial charge >= 0.3 is 0 Å². The fourth-order valence-electron chi connectivity index (χ4n) is 4.62. The smallest absolute Gasteiger partial charge is 0.237 e. The zero-order valence-electron chi connectivity index (χ0n) is 17.7. The van der Waals surface area contributed by atoms with Crippen LogP contribution in [0.15, 0.2) is 36.4 Å². The number of hydrogen-bond acceptors (Lipinski definition) is 4. The number of likely N-dealkylation sites (tertiary alicyclic amines) is 1. The molecule has 0 aliphatic carbocycles. The van der Waals surface area contributed by atoms with E-state index in [4.69, 9.17) is 21.1 Å². The summed E-state index contributed by atoms with van der Waals surface area (Å²) in [7, 11) is 3.29. The quantitative estimate of drug-likeness (QED) is 0.698. The van der Waals surface area contributed by atoms with Crippen LogP contribution in [0.5, 0.6) is 11.5 Å². The molecule has 0 bridgehead atoms. The van der Waals surface area contributed by atoms with Crippen molar-refractivity contribution in [3.05, 3.63) is 58.1 Å². The molecule has 1 fully saturated rings. The van der Waals surface area contributed by atoms with Gasteiger partial charge in [0.2, 0.25) is 5.91 Å². The highest BCUT2D eigenvalue weighted by molar-refractivity contribution is 6.31. The lowest BCUT2D eigenvalue weighted by Crippen LogP contribution is -2.44. The summed E-state index contributed by atoms with van der Waals surface area (Å²) in [5.41, 5.74) is 3.53. The highest BCUT2D eigenvalue weighted by Crippen LogP contribution is 2.33. The molecule has 1 amide bonds. The van der Waals surface area contributed by atoms with Crippen LogP contribution in [0.4, 0.5) is 0 Å². The van der Waals surface area contributed by atoms with Crippen LogP contribution in [-0.2, 0) is 24.2 Å². The molecule has 2 aliphatic heterocycles. The van der Waals surface area contributed by atoms with Crippen LogP contribution in [0.3, 0.4) is 0 Å². The van der Waals surface area contributed by atoms with Gasteiger partial charge in [-0.2, -0.15) is 0 Å². The Hall–Kier alpha value is -2.24. The maximum atomic E-state index is 13.1. The minimum Gasteiger partial charge on any atom is -0.493 e. The number of methoxy groups -OCH3 is 2. The molecular formula is C24H29ClN2O3. The van der Waals surface area contributed by atoms with Crippen molar-refractivity contribution >= 4 is 17.5 Å². The fourth-order valence-corrected chi connectivity index (χ4v) is 4.83. The van der Waals surface area contributed by atoms with Crippen molar-refractivity contribution in [2.45, 2.75) is 38.3 Å². The molecule has 0 radical (unpaired) electrons. The van der Waals surface area contributed by atoms with Crippen molar-refractivity contribution in [2.75, 3.05) is 33.9 Å². The van der Waals surface area contributed by atoms with E-state index in [1.807, 2.05) is 35.2 Å². The van der Waals surface area contributed by atoms with Gasteiger partial charge in [-0.3, -0.25) is 9.69 Å². The first-order valence-corrected chi connectivity index (χ1v) is 11.0. The second-order valence-electron chi connectivity index (χ2n) is 8.10. The molecule has 2 aromatic rings. The lowest BCUT2D eigenvalue weighted by atomic mass is 9.98. The monoisotopic (exact) mass is 428 g/mol. The van der Waals surface area contributed by atoms with Gasteiger partial charge in [0.25, 0.3) is 0 Å². The van der Waals surface area contributed by atoms with E-state index in [2.05, 4.69) is 11.0 Å². The number of hydrogen-bond donors (Lipinski definition) is 0. The van der Waals surface area contributed by atoms with Crippen LogP contribution >= 0.6 is 11.6 Å². The van der Waals surface area contributed by atoms with E-state index < -0.39 is 0 Å². The Morgan fingerprint density at radius 2 is 1.83 bits per heavy atom. The Morgan fingerprint density at radius 1 is 1.10 bits per heavy atom. The SMILES string of the molecule is COc1cc2c(cc1OC)CN(C(=O)CN1CCCC1Cc1ccccc1Cl)CC2. The van der Waals surface area contributed by atoms with Crippen LogP contribution < -0.4 is 9.47 Å². The second-order valence-corrected chi connectivity index (χ2v) is 8.51. The molecule has 0 aromatic heterocycles. The Morgan fingerprint density at radius 3 is 2.57 bits per heavy atom. The zero-order chi connectivity index (χ0) is 21.1. The van der Waals surface area contributed by atoms with E-state index in [0.717, 1.165) is 60.7 Å². The number of halogens is 1. The molecule has 2 aliphatic rings. The predicted octanol–water partition coefficient (Wildman–Crippen LogP) is 3.95. The van der Waals surface area contributed by atoms with Gasteiger partial charge in [-0.05, 0) is 67.1 Å². The van der Waals surface area contributed by atoms with E-state index in [1.54, 1.807) is 14.2 Å². The summed E-state index contributed by atoms with van der Waals surface area (Å²) in [4.78, 5) is 17.4. The summed E-state index contributed by atoms with van der Waals surface area (Å²) in [5.74, 6) is 1.65. The average molecular weight is 429 g/mol. The molecule has 4 rings (SSSR count). The van der Waals surface area contributed by atoms with Gasteiger partial charge in [-0.15, -0.1) is 0 Å². The largest absolute Gasteiger partial charge is 0.493 e. The molecule has 0 saturated carbocycles. The third-order valence-electron chi connectivity index (χ3n) is 6.32. The summed E-state index contributed by atoms with van der Waals surface area (Å²) in [6.45, 7) is 2.80. The highest BCUT2D eigenvalue weighted by Gasteiger charge is 2.30. The van der Waals surface area contributed by atoms with E-state index in [9.17, 15) is 4.79 Å². The summed E-state index contributed by atoms with van der Waals surface area (Å²) in [6.07, 6.45) is 3.97. The van der Waals surface area contributed by atoms with Crippen LogP contribution in [0.2, 0.25) is 5.02 Å². The van der Waals surface area contributed by atoms with Crippen LogP contribution in [0.1, 0.15) is 29.5 Å². The maximum absolute atomic E-state index is 13.1. The third-order valence-corrected chi connectivity index (χ3v) is 6.69. The fraction of sp³-hybridized carbons (Fsp3) is 0.458. The standard InChI is InChI=1S/C24H29ClN2O3/c1-29-22-13-17-9-11-27(15-19(17)14-23(22)30-2)24(28)16-26-10-5-7-20(26)12-18-6-3-4-8-21(18)25/h3-4,6,8,13-14,20H,5,7,9-12,15-16H2,1-2H3. The number of rotatable bonds is 6. The molecule has 5 nitrogen and oxygen atoms in total. The zero-order valence-corrected chi connectivity index (χ0v) is 18.5. The number of carbonyl (C=O) groups is 1. The molecule has 0 N–H and O–H groups in total. The summed E-state index contributed by atoms with van der Waals surface area (Å²) in [5, 5.41) is 0.813. The Balaban J connectivity index is 1.41. The van der Waals surface area contributed by atoms with Crippen molar-refractivity contribution < 1.29 is 14.3 Å². The lowest BCUT2D eigenvalue weighted by molar-refractivity contribution is -0.133. The van der Waals surface area contributed by atoms with Gasteiger partial charge in [0, 0.05) is 24.2 Å². The van der Waals surface area contributed by atoms with Gasteiger partial charge in [-0.25, -0.2) is 0 Å². The molecule has 1 saturated heterocycles. The average Bonchev–Trinajstić information content (AvgIpc) is 3.20. The molecule has 30 heavy (non-hydrogen) atoms. The second kappa shape index (κ2) is 9.27. The number of amides is 1. The lowest BCUT2D eigenvalue weighted by Gasteiger charge is -2.32. The number of benzene rings is 2. The van der Waals surface area contributed by atoms with Crippen LogP contribution in [-0.4, -0.2) is 55.6 Å². The van der Waals surface area contributed by atoms with Crippen molar-refractivity contribution in [3.8, 4) is 11.5 Å². The molecule has 1 atom stereocenters. The Kier molecular flexibility index (Phi) is 6.49. The summed E-state index contributed by atoms with van der Waals surface area (Å²) < 4.78 is 10.9. The maximum Gasteiger partial charge on any atom is 0.237 e. The molecule has 6 heteroatoms. The first-order valence-electron chi connectivity index (χ1n) is 10.6. The van der Waals surface area contributed by atoms with E-state index >= 15 is 0 Å². The molecule has 2 aromatic carbocycles. The first-order chi connectivity index (χ1) is 14.6. The Bertz CT molecular complexity index is 917. The van der Waals surface area contributed by atoms with Gasteiger partial charge in [0.15, 0.2) is 11.5 Å². The van der Waals surface area contributed by atoms with Crippen LogP contribution in [0.25, 0.3) is 0 Å². The Labute approximate surface area is 183 Å². The topological polar surface area (TPSA) is 42.0 Å². The summed E-state index contributed by atoms with van der Waals surface area (Å²) in [6, 6.07) is 12.4. The molecule has 0 spiro atoms. The highest BCUT2D eigenvalue weighted by atomic mass is 35.5. The van der Waals surface area contributed by atoms with Crippen molar-refractivity contribution in [3.63, 3.8) is 0 Å². The molecular weight excluding hydrogens is 400 g/mol. The molecule has 2 heterocycles. The minimum atomic E-state index is 0.196. The third kappa shape index (κ3) is 4.42. The number of ether oxygens (including phenoxy) is 2. The van der Waals surface area contributed by atoms with Gasteiger partial charge in [-0.1, -0.05) is 29.8 Å². The van der Waals surface area contributed by atoms with Gasteiger partial charge in [0.1, 0.15) is 0 Å². The molecule has 1 unspecified atom stereocenters. The number of nitrogens with zero attached hydrogens (tertiary/aromatic N) is 2. The van der Waals surface area contributed by atoms with E-state index in [-0.39, 0.29) is 5.91 Å². The summed E-state index contributed by atoms with van der Waals surface area (Å²) >= 11 is 6.36. The van der Waals surface area contributed by atoms with Crippen molar-refractivity contribution in [1.82, 2.24) is 9.80 Å². The predicted molar refractivity (Wildman–Crippen MR) is 118 cm³/mol. The van der Waals surface area contributed by atoms with Gasteiger partial charge < -0.3 is 14.4 Å². The first kappa shape index (κ1) is 21.0.